The highest BCUT2D eigenvalue weighted by atomic mass is 31.2. The monoisotopic (exact) mass is 1310 g/mol. The molecule has 89 heavy (non-hydrogen) atoms. The van der Waals surface area contributed by atoms with Crippen LogP contribution in [0.3, 0.4) is 0 Å². The van der Waals surface area contributed by atoms with E-state index in [4.69, 9.17) is 37.0 Å². The molecule has 0 aromatic carbocycles. The van der Waals surface area contributed by atoms with Crippen LogP contribution in [0.4, 0.5) is 0 Å². The van der Waals surface area contributed by atoms with Crippen molar-refractivity contribution in [3.8, 4) is 0 Å². The van der Waals surface area contributed by atoms with Crippen LogP contribution in [-0.2, 0) is 65.4 Å². The van der Waals surface area contributed by atoms with Crippen LogP contribution in [0.5, 0.6) is 0 Å². The zero-order valence-corrected chi connectivity index (χ0v) is 59.5. The van der Waals surface area contributed by atoms with Gasteiger partial charge in [-0.15, -0.1) is 0 Å². The van der Waals surface area contributed by atoms with Gasteiger partial charge in [0, 0.05) is 25.7 Å². The van der Waals surface area contributed by atoms with Crippen LogP contribution < -0.4 is 0 Å². The number of hydrogen-bond donors (Lipinski definition) is 3. The summed E-state index contributed by atoms with van der Waals surface area (Å²) in [7, 11) is -9.89. The molecule has 0 aliphatic carbocycles. The largest absolute Gasteiger partial charge is 0.472 e. The summed E-state index contributed by atoms with van der Waals surface area (Å²) in [6.45, 7) is 9.36. The summed E-state index contributed by atoms with van der Waals surface area (Å²) in [5.74, 6) is -0.741. The number of esters is 4. The first-order chi connectivity index (χ1) is 42.9. The van der Waals surface area contributed by atoms with Crippen molar-refractivity contribution in [2.24, 2.45) is 11.8 Å². The van der Waals surface area contributed by atoms with E-state index in [9.17, 15) is 43.2 Å². The summed E-state index contributed by atoms with van der Waals surface area (Å²) >= 11 is 0. The average Bonchev–Trinajstić information content (AvgIpc) is 3.62. The molecule has 0 spiro atoms. The van der Waals surface area contributed by atoms with Gasteiger partial charge in [-0.1, -0.05) is 305 Å². The van der Waals surface area contributed by atoms with E-state index in [1.807, 2.05) is 0 Å². The number of ether oxygens (including phenoxy) is 4. The summed E-state index contributed by atoms with van der Waals surface area (Å²) in [6.07, 6.45) is 47.9. The molecule has 0 aliphatic rings. The predicted molar refractivity (Wildman–Crippen MR) is 358 cm³/mol. The smallest absolute Gasteiger partial charge is 0.462 e. The Morgan fingerprint density at radius 1 is 0.303 bits per heavy atom. The fourth-order valence-electron chi connectivity index (χ4n) is 10.6. The molecule has 0 aromatic heterocycles. The minimum atomic E-state index is -4.95. The van der Waals surface area contributed by atoms with Gasteiger partial charge in [0.1, 0.15) is 19.3 Å². The Morgan fingerprint density at radius 3 is 0.764 bits per heavy atom. The van der Waals surface area contributed by atoms with Crippen LogP contribution in [-0.4, -0.2) is 96.7 Å². The number of aliphatic hydroxyl groups is 1. The second-order valence-electron chi connectivity index (χ2n) is 26.2. The molecule has 2 unspecified atom stereocenters. The van der Waals surface area contributed by atoms with Crippen molar-refractivity contribution in [2.75, 3.05) is 39.6 Å². The minimum Gasteiger partial charge on any atom is -0.462 e. The highest BCUT2D eigenvalue weighted by Gasteiger charge is 2.30. The first-order valence-electron chi connectivity index (χ1n) is 36.5. The maximum absolute atomic E-state index is 13.0. The zero-order valence-electron chi connectivity index (χ0n) is 57.7. The first kappa shape index (κ1) is 87.1. The summed E-state index contributed by atoms with van der Waals surface area (Å²) in [5, 5.41) is 10.6. The van der Waals surface area contributed by atoms with E-state index >= 15 is 0 Å². The molecule has 0 bridgehead atoms. The molecule has 0 amide bonds. The van der Waals surface area contributed by atoms with Crippen LogP contribution in [0.1, 0.15) is 356 Å². The van der Waals surface area contributed by atoms with Gasteiger partial charge in [-0.2, -0.15) is 0 Å². The topological polar surface area (TPSA) is 237 Å². The molecule has 5 atom stereocenters. The van der Waals surface area contributed by atoms with Gasteiger partial charge in [0.2, 0.25) is 0 Å². The fraction of sp³-hybridized carbons (Fsp3) is 0.943. The normalized spacial score (nSPS) is 14.1. The number of carbonyl (C=O) groups excluding carboxylic acids is 4. The van der Waals surface area contributed by atoms with Crippen molar-refractivity contribution in [3.63, 3.8) is 0 Å². The number of carbonyl (C=O) groups is 4. The van der Waals surface area contributed by atoms with E-state index in [1.165, 1.54) is 161 Å². The standard InChI is InChI=1S/C70H136O17P2/c1-7-9-11-13-15-16-17-18-19-20-21-22-23-24-25-26-27-28-29-35-42-48-54-69(74)86-65(59-81-68(73)53-47-41-34-31-30-33-38-44-50-62(3)4)60-84-88(76,77)82-56-64(71)57-83-89(78,79)85-61-66(58-80-67(72)52-46-40-32-14-12-10-8-2)87-70(75)55-49-43-37-36-39-45-51-63(5)6/h62-66,71H,7-61H2,1-6H3,(H,76,77)(H,78,79)/t64-,65-,66-/m1/s1. The number of hydrogen-bond acceptors (Lipinski definition) is 15. The van der Waals surface area contributed by atoms with E-state index in [-0.39, 0.29) is 25.7 Å². The summed E-state index contributed by atoms with van der Waals surface area (Å²) in [4.78, 5) is 72.3. The molecule has 0 rings (SSSR count). The fourth-order valence-corrected chi connectivity index (χ4v) is 12.2. The van der Waals surface area contributed by atoms with Gasteiger partial charge < -0.3 is 33.8 Å². The van der Waals surface area contributed by atoms with E-state index in [2.05, 4.69) is 41.5 Å². The highest BCUT2D eigenvalue weighted by Crippen LogP contribution is 2.45. The van der Waals surface area contributed by atoms with Crippen LogP contribution in [0.15, 0.2) is 0 Å². The van der Waals surface area contributed by atoms with Crippen molar-refractivity contribution in [2.45, 2.75) is 374 Å². The maximum Gasteiger partial charge on any atom is 0.472 e. The van der Waals surface area contributed by atoms with Crippen molar-refractivity contribution < 1.29 is 80.2 Å². The third kappa shape index (κ3) is 64.6. The van der Waals surface area contributed by atoms with E-state index in [1.54, 1.807) is 0 Å². The summed E-state index contributed by atoms with van der Waals surface area (Å²) in [6, 6.07) is 0. The lowest BCUT2D eigenvalue weighted by molar-refractivity contribution is -0.161. The van der Waals surface area contributed by atoms with Crippen molar-refractivity contribution in [3.05, 3.63) is 0 Å². The second kappa shape index (κ2) is 62.2. The van der Waals surface area contributed by atoms with Gasteiger partial charge in [-0.05, 0) is 37.5 Å². The molecule has 17 nitrogen and oxygen atoms in total. The molecular formula is C70H136O17P2. The van der Waals surface area contributed by atoms with E-state index in [0.717, 1.165) is 109 Å². The molecule has 0 heterocycles. The molecule has 19 heteroatoms. The minimum absolute atomic E-state index is 0.102. The van der Waals surface area contributed by atoms with Gasteiger partial charge in [0.25, 0.3) is 0 Å². The second-order valence-corrected chi connectivity index (χ2v) is 29.1. The van der Waals surface area contributed by atoms with Crippen molar-refractivity contribution in [1.82, 2.24) is 0 Å². The molecule has 0 saturated carbocycles. The molecule has 3 N–H and O–H groups in total. The van der Waals surface area contributed by atoms with Crippen molar-refractivity contribution in [1.29, 1.82) is 0 Å². The SMILES string of the molecule is CCCCCCCCCCCCCCCCCCCCCCCCC(=O)O[C@H](COC(=O)CCCCCCCCCCC(C)C)COP(=O)(O)OC[C@@H](O)COP(=O)(O)OC[C@@H](COC(=O)CCCCCCCCC)OC(=O)CCCCCCCCC(C)C. The number of rotatable bonds is 69. The third-order valence-electron chi connectivity index (χ3n) is 16.2. The van der Waals surface area contributed by atoms with Gasteiger partial charge in [0.15, 0.2) is 12.2 Å². The van der Waals surface area contributed by atoms with Gasteiger partial charge in [0.05, 0.1) is 26.4 Å². The molecule has 528 valence electrons. The highest BCUT2D eigenvalue weighted by molar-refractivity contribution is 7.47. The Balaban J connectivity index is 5.10. The number of unbranched alkanes of at least 4 members (excludes halogenated alkanes) is 39. The first-order valence-corrected chi connectivity index (χ1v) is 39.5. The van der Waals surface area contributed by atoms with Crippen LogP contribution >= 0.6 is 15.6 Å². The van der Waals surface area contributed by atoms with Gasteiger partial charge in [-0.25, -0.2) is 9.13 Å². The third-order valence-corrected chi connectivity index (χ3v) is 18.1. The van der Waals surface area contributed by atoms with Crippen LogP contribution in [0.2, 0.25) is 0 Å². The number of phosphoric ester groups is 2. The predicted octanol–water partition coefficient (Wildman–Crippen LogP) is 20.0. The quantitative estimate of drug-likeness (QED) is 0.0222. The lowest BCUT2D eigenvalue weighted by Gasteiger charge is -2.21. The maximum atomic E-state index is 13.0. The molecule has 0 fully saturated rings. The number of aliphatic hydroxyl groups excluding tert-OH is 1. The average molecular weight is 1310 g/mol. The van der Waals surface area contributed by atoms with Gasteiger partial charge >= 0.3 is 39.5 Å². The Kier molecular flexibility index (Phi) is 60.8. The Morgan fingerprint density at radius 2 is 0.517 bits per heavy atom. The van der Waals surface area contributed by atoms with E-state index in [0.29, 0.717) is 31.6 Å². The molecule has 0 aliphatic heterocycles. The van der Waals surface area contributed by atoms with Crippen LogP contribution in [0, 0.1) is 11.8 Å². The lowest BCUT2D eigenvalue weighted by atomic mass is 10.0. The Hall–Kier alpha value is -1.94. The molecule has 0 saturated heterocycles. The Labute approximate surface area is 543 Å². The van der Waals surface area contributed by atoms with E-state index < -0.39 is 97.5 Å². The lowest BCUT2D eigenvalue weighted by Crippen LogP contribution is -2.30. The molecule has 0 radical (unpaired) electrons. The molecular weight excluding hydrogens is 1170 g/mol. The zero-order chi connectivity index (χ0) is 65.7. The van der Waals surface area contributed by atoms with Crippen molar-refractivity contribution >= 4 is 39.5 Å². The van der Waals surface area contributed by atoms with Crippen LogP contribution in [0.25, 0.3) is 0 Å². The summed E-state index contributed by atoms with van der Waals surface area (Å²) < 4.78 is 68.1. The molecule has 0 aromatic rings. The Bertz CT molecular complexity index is 1730. The summed E-state index contributed by atoms with van der Waals surface area (Å²) in [5.41, 5.74) is 0. The van der Waals surface area contributed by atoms with Gasteiger partial charge in [-0.3, -0.25) is 37.3 Å². The number of phosphoric acid groups is 2.